The Morgan fingerprint density at radius 2 is 2.00 bits per heavy atom. The summed E-state index contributed by atoms with van der Waals surface area (Å²) in [5.74, 6) is 1.78. The molecule has 0 fully saturated rings. The quantitative estimate of drug-likeness (QED) is 0.904. The molecule has 1 aromatic heterocycles. The van der Waals surface area contributed by atoms with Crippen molar-refractivity contribution in [1.82, 2.24) is 4.98 Å². The van der Waals surface area contributed by atoms with Crippen LogP contribution in [0.3, 0.4) is 0 Å². The summed E-state index contributed by atoms with van der Waals surface area (Å²) in [5.41, 5.74) is 8.00. The zero-order chi connectivity index (χ0) is 15.7. The van der Waals surface area contributed by atoms with Crippen LogP contribution in [0.25, 0.3) is 16.8 Å². The molecule has 1 aromatic carbocycles. The second kappa shape index (κ2) is 5.69. The van der Waals surface area contributed by atoms with Crippen molar-refractivity contribution in [2.45, 2.75) is 0 Å². The molecule has 3 rings (SSSR count). The van der Waals surface area contributed by atoms with Crippen molar-refractivity contribution < 1.29 is 14.6 Å². The average molecular weight is 317 g/mol. The van der Waals surface area contributed by atoms with Crippen LogP contribution in [0.1, 0.15) is 5.01 Å². The van der Waals surface area contributed by atoms with Crippen LogP contribution in [0.5, 0.6) is 11.5 Å². The molecule has 2 aromatic rings. The fourth-order valence-electron chi connectivity index (χ4n) is 2.22. The van der Waals surface area contributed by atoms with E-state index < -0.39 is 0 Å². The number of thiazole rings is 1. The van der Waals surface area contributed by atoms with Crippen LogP contribution in [0.4, 0.5) is 0 Å². The molecule has 0 unspecified atom stereocenters. The van der Waals surface area contributed by atoms with E-state index in [0.29, 0.717) is 27.9 Å². The van der Waals surface area contributed by atoms with E-state index >= 15 is 0 Å². The van der Waals surface area contributed by atoms with Crippen molar-refractivity contribution in [3.63, 3.8) is 0 Å². The molecule has 114 valence electrons. The lowest BCUT2D eigenvalue weighted by molar-refractivity contribution is 0.355. The molecule has 0 aliphatic carbocycles. The molecule has 7 heteroatoms. The normalized spacial score (nSPS) is 14.2. The van der Waals surface area contributed by atoms with E-state index in [-0.39, 0.29) is 12.3 Å². The zero-order valence-electron chi connectivity index (χ0n) is 12.2. The maximum atomic E-state index is 9.86. The minimum atomic E-state index is 0.158. The first-order chi connectivity index (χ1) is 10.6. The highest BCUT2D eigenvalue weighted by Gasteiger charge is 2.21. The first-order valence-corrected chi connectivity index (χ1v) is 7.42. The number of aliphatic imine (C=N–C) groups is 1. The standard InChI is InChI=1S/C15H15N3O3S/c1-20-11-4-3-8(5-12(11)21-2)9-7-22-15(18-9)13-10(19)6-17-14(13)16/h3-5,7,19H,6H2,1-2H3,(H2,16,17). The third-order valence-corrected chi connectivity index (χ3v) is 4.20. The van der Waals surface area contributed by atoms with Crippen molar-refractivity contribution in [3.05, 3.63) is 34.3 Å². The molecule has 6 nitrogen and oxygen atoms in total. The van der Waals surface area contributed by atoms with Crippen molar-refractivity contribution >= 4 is 22.7 Å². The predicted molar refractivity (Wildman–Crippen MR) is 86.7 cm³/mol. The summed E-state index contributed by atoms with van der Waals surface area (Å²) in [4.78, 5) is 8.55. The number of rotatable bonds is 4. The van der Waals surface area contributed by atoms with Gasteiger partial charge < -0.3 is 20.3 Å². The Morgan fingerprint density at radius 1 is 1.23 bits per heavy atom. The number of methoxy groups -OCH3 is 2. The van der Waals surface area contributed by atoms with Crippen molar-refractivity contribution in [2.75, 3.05) is 20.8 Å². The highest BCUT2D eigenvalue weighted by Crippen LogP contribution is 2.34. The number of aromatic nitrogens is 1. The van der Waals surface area contributed by atoms with Gasteiger partial charge in [0.25, 0.3) is 0 Å². The average Bonchev–Trinajstić information content (AvgIpc) is 3.13. The highest BCUT2D eigenvalue weighted by atomic mass is 32.1. The number of amidine groups is 1. The molecular weight excluding hydrogens is 302 g/mol. The molecule has 0 radical (unpaired) electrons. The number of aliphatic hydroxyl groups is 1. The van der Waals surface area contributed by atoms with Gasteiger partial charge in [-0.1, -0.05) is 0 Å². The Hall–Kier alpha value is -2.54. The number of aliphatic hydroxyl groups excluding tert-OH is 1. The molecule has 3 N–H and O–H groups in total. The van der Waals surface area contributed by atoms with Gasteiger partial charge in [-0.3, -0.25) is 4.99 Å². The van der Waals surface area contributed by atoms with Gasteiger partial charge in [0, 0.05) is 10.9 Å². The zero-order valence-corrected chi connectivity index (χ0v) is 13.0. The van der Waals surface area contributed by atoms with Gasteiger partial charge in [0.05, 0.1) is 32.0 Å². The first kappa shape index (κ1) is 14.4. The fraction of sp³-hybridized carbons (Fsp3) is 0.200. The maximum Gasteiger partial charge on any atom is 0.161 e. The van der Waals surface area contributed by atoms with Crippen LogP contribution in [0.15, 0.2) is 34.3 Å². The molecular formula is C15H15N3O3S. The van der Waals surface area contributed by atoms with Gasteiger partial charge in [0.15, 0.2) is 11.5 Å². The van der Waals surface area contributed by atoms with Gasteiger partial charge >= 0.3 is 0 Å². The lowest BCUT2D eigenvalue weighted by Crippen LogP contribution is -2.11. The molecule has 0 bridgehead atoms. The van der Waals surface area contributed by atoms with Crippen molar-refractivity contribution in [1.29, 1.82) is 0 Å². The number of benzene rings is 1. The predicted octanol–water partition coefficient (Wildman–Crippen LogP) is 2.47. The minimum Gasteiger partial charge on any atom is -0.509 e. The lowest BCUT2D eigenvalue weighted by atomic mass is 10.1. The van der Waals surface area contributed by atoms with Gasteiger partial charge in [-0.25, -0.2) is 4.98 Å². The third-order valence-electron chi connectivity index (χ3n) is 3.34. The van der Waals surface area contributed by atoms with Gasteiger partial charge in [0.2, 0.25) is 0 Å². The lowest BCUT2D eigenvalue weighted by Gasteiger charge is -2.08. The van der Waals surface area contributed by atoms with Gasteiger partial charge in [-0.05, 0) is 18.2 Å². The molecule has 0 saturated heterocycles. The number of hydrogen-bond acceptors (Lipinski definition) is 7. The van der Waals surface area contributed by atoms with Crippen LogP contribution in [-0.2, 0) is 0 Å². The van der Waals surface area contributed by atoms with E-state index in [1.807, 2.05) is 23.6 Å². The maximum absolute atomic E-state index is 9.86. The van der Waals surface area contributed by atoms with Crippen molar-refractivity contribution in [3.8, 4) is 22.8 Å². The Bertz CT molecular complexity index is 780. The van der Waals surface area contributed by atoms with Crippen LogP contribution in [-0.4, -0.2) is 36.7 Å². The molecule has 0 amide bonds. The van der Waals surface area contributed by atoms with Crippen LogP contribution < -0.4 is 15.2 Å². The molecule has 0 spiro atoms. The Labute approximate surface area is 131 Å². The van der Waals surface area contributed by atoms with Crippen LogP contribution in [0, 0.1) is 0 Å². The summed E-state index contributed by atoms with van der Waals surface area (Å²) in [6, 6.07) is 5.59. The Kier molecular flexibility index (Phi) is 3.72. The van der Waals surface area contributed by atoms with E-state index in [2.05, 4.69) is 9.98 Å². The van der Waals surface area contributed by atoms with Crippen LogP contribution in [0.2, 0.25) is 0 Å². The molecule has 0 atom stereocenters. The molecule has 1 aliphatic rings. The monoisotopic (exact) mass is 317 g/mol. The van der Waals surface area contributed by atoms with E-state index in [4.69, 9.17) is 15.2 Å². The largest absolute Gasteiger partial charge is 0.509 e. The van der Waals surface area contributed by atoms with E-state index in [0.717, 1.165) is 11.3 Å². The smallest absolute Gasteiger partial charge is 0.161 e. The summed E-state index contributed by atoms with van der Waals surface area (Å²) < 4.78 is 10.5. The van der Waals surface area contributed by atoms with E-state index in [1.165, 1.54) is 11.3 Å². The van der Waals surface area contributed by atoms with Gasteiger partial charge in [0.1, 0.15) is 16.6 Å². The first-order valence-electron chi connectivity index (χ1n) is 6.54. The van der Waals surface area contributed by atoms with E-state index in [9.17, 15) is 5.11 Å². The van der Waals surface area contributed by atoms with Crippen molar-refractivity contribution in [2.24, 2.45) is 10.7 Å². The molecule has 22 heavy (non-hydrogen) atoms. The second-order valence-electron chi connectivity index (χ2n) is 4.63. The minimum absolute atomic E-state index is 0.158. The molecule has 0 saturated carbocycles. The molecule has 1 aliphatic heterocycles. The number of hydrogen-bond donors (Lipinski definition) is 2. The molecule has 2 heterocycles. The summed E-state index contributed by atoms with van der Waals surface area (Å²) in [5, 5.41) is 12.4. The third kappa shape index (κ3) is 2.39. The Balaban J connectivity index is 1.98. The summed E-state index contributed by atoms with van der Waals surface area (Å²) in [6.07, 6.45) is 0. The fourth-order valence-corrected chi connectivity index (χ4v) is 3.12. The van der Waals surface area contributed by atoms with E-state index in [1.54, 1.807) is 14.2 Å². The topological polar surface area (TPSA) is 90.0 Å². The SMILES string of the molecule is COc1ccc(-c2csc(C3=C(O)CN=C3N)n2)cc1OC. The number of ether oxygens (including phenoxy) is 2. The van der Waals surface area contributed by atoms with Gasteiger partial charge in [-0.2, -0.15) is 0 Å². The number of nitrogens with zero attached hydrogens (tertiary/aromatic N) is 2. The highest BCUT2D eigenvalue weighted by molar-refractivity contribution is 7.11. The summed E-state index contributed by atoms with van der Waals surface area (Å²) in [6.45, 7) is 0.215. The van der Waals surface area contributed by atoms with Gasteiger partial charge in [-0.15, -0.1) is 11.3 Å². The Morgan fingerprint density at radius 3 is 2.64 bits per heavy atom. The second-order valence-corrected chi connectivity index (χ2v) is 5.49. The number of nitrogens with two attached hydrogens (primary N) is 1. The van der Waals surface area contributed by atoms with Crippen LogP contribution >= 0.6 is 11.3 Å². The summed E-state index contributed by atoms with van der Waals surface area (Å²) in [7, 11) is 3.18. The summed E-state index contributed by atoms with van der Waals surface area (Å²) >= 11 is 1.41.